The van der Waals surface area contributed by atoms with Crippen molar-refractivity contribution < 1.29 is 19.1 Å². The Balaban J connectivity index is 1.67. The lowest BCUT2D eigenvalue weighted by Gasteiger charge is -2.36. The molecule has 138 valence electrons. The lowest BCUT2D eigenvalue weighted by atomic mass is 9.74. The number of fused-ring (bicyclic) bond motifs is 2. The Labute approximate surface area is 151 Å². The predicted molar refractivity (Wildman–Crippen MR) is 93.6 cm³/mol. The Hall–Kier alpha value is -2.41. The number of hydrogen-bond donors (Lipinski definition) is 2. The number of nitrogens with zero attached hydrogens (tertiary/aromatic N) is 1. The number of hydrogen-bond acceptors (Lipinski definition) is 5. The number of nitrogens with one attached hydrogen (secondary N) is 1. The highest BCUT2D eigenvalue weighted by atomic mass is 16.5. The van der Waals surface area contributed by atoms with Crippen LogP contribution in [0.25, 0.3) is 0 Å². The fraction of sp³-hybridized carbons (Fsp3) is 0.526. The van der Waals surface area contributed by atoms with Gasteiger partial charge in [-0.15, -0.1) is 0 Å². The van der Waals surface area contributed by atoms with Crippen LogP contribution in [0.1, 0.15) is 54.1 Å². The molecule has 26 heavy (non-hydrogen) atoms. The van der Waals surface area contributed by atoms with Crippen LogP contribution in [0.4, 0.5) is 0 Å². The molecule has 2 unspecified atom stereocenters. The zero-order valence-corrected chi connectivity index (χ0v) is 14.8. The highest BCUT2D eigenvalue weighted by molar-refractivity contribution is 6.05. The fourth-order valence-electron chi connectivity index (χ4n) is 4.28. The fourth-order valence-corrected chi connectivity index (χ4v) is 4.28. The summed E-state index contributed by atoms with van der Waals surface area (Å²) in [4.78, 5) is 38.1. The molecule has 7 heteroatoms. The second-order valence-corrected chi connectivity index (χ2v) is 7.60. The summed E-state index contributed by atoms with van der Waals surface area (Å²) >= 11 is 0. The second kappa shape index (κ2) is 6.09. The standard InChI is InChI=1S/C19H23N3O4/c1-19(4-6-20)5-7-26-15-8-11-10-22(18(25)12(11)9-13(15)19)14-2-3-16(23)21-17(14)24/h8-9,14H,2-7,10,20H2,1H3,(H,21,23,24). The third-order valence-electron chi connectivity index (χ3n) is 5.88. The van der Waals surface area contributed by atoms with Crippen molar-refractivity contribution in [1.29, 1.82) is 0 Å². The maximum Gasteiger partial charge on any atom is 0.255 e. The minimum absolute atomic E-state index is 0.111. The van der Waals surface area contributed by atoms with Gasteiger partial charge in [0.1, 0.15) is 11.8 Å². The molecular weight excluding hydrogens is 334 g/mol. The first-order valence-corrected chi connectivity index (χ1v) is 9.08. The smallest absolute Gasteiger partial charge is 0.255 e. The Kier molecular flexibility index (Phi) is 3.99. The number of piperidine rings is 1. The molecule has 1 saturated heterocycles. The van der Waals surface area contributed by atoms with E-state index in [9.17, 15) is 14.4 Å². The maximum absolute atomic E-state index is 13.0. The minimum Gasteiger partial charge on any atom is -0.493 e. The molecular formula is C19H23N3O4. The molecule has 3 heterocycles. The SMILES string of the molecule is CC1(CCN)CCOc2cc3c(cc21)C(=O)N(C1CCC(=O)NC1=O)C3. The number of ether oxygens (including phenoxy) is 1. The lowest BCUT2D eigenvalue weighted by molar-refractivity contribution is -0.136. The van der Waals surface area contributed by atoms with Gasteiger partial charge in [-0.25, -0.2) is 0 Å². The number of nitrogens with two attached hydrogens (primary N) is 1. The van der Waals surface area contributed by atoms with Crippen molar-refractivity contribution in [1.82, 2.24) is 10.2 Å². The predicted octanol–water partition coefficient (Wildman–Crippen LogP) is 0.837. The number of carbonyl (C=O) groups is 3. The van der Waals surface area contributed by atoms with E-state index in [1.54, 1.807) is 4.90 Å². The summed E-state index contributed by atoms with van der Waals surface area (Å²) in [6, 6.07) is 3.26. The van der Waals surface area contributed by atoms with Crippen LogP contribution in [0.2, 0.25) is 0 Å². The highest BCUT2D eigenvalue weighted by Crippen LogP contribution is 2.44. The van der Waals surface area contributed by atoms with Gasteiger partial charge in [0.05, 0.1) is 6.61 Å². The molecule has 2 atom stereocenters. The van der Waals surface area contributed by atoms with Crippen molar-refractivity contribution in [2.24, 2.45) is 5.73 Å². The van der Waals surface area contributed by atoms with E-state index in [-0.39, 0.29) is 23.7 Å². The van der Waals surface area contributed by atoms with Crippen molar-refractivity contribution in [2.45, 2.75) is 50.6 Å². The monoisotopic (exact) mass is 357 g/mol. The summed E-state index contributed by atoms with van der Waals surface area (Å²) in [5.74, 6) is -0.0185. The second-order valence-electron chi connectivity index (χ2n) is 7.60. The molecule has 4 rings (SSSR count). The molecule has 3 aliphatic heterocycles. The molecule has 0 aliphatic carbocycles. The van der Waals surface area contributed by atoms with E-state index in [1.165, 1.54) is 0 Å². The molecule has 0 radical (unpaired) electrons. The van der Waals surface area contributed by atoms with Crippen LogP contribution in [0.5, 0.6) is 5.75 Å². The summed E-state index contributed by atoms with van der Waals surface area (Å²) in [6.07, 6.45) is 2.31. The Morgan fingerprint density at radius 2 is 2.15 bits per heavy atom. The minimum atomic E-state index is -0.596. The molecule has 1 aromatic carbocycles. The maximum atomic E-state index is 13.0. The van der Waals surface area contributed by atoms with Crippen molar-refractivity contribution in [2.75, 3.05) is 13.2 Å². The van der Waals surface area contributed by atoms with Gasteiger partial charge in [-0.1, -0.05) is 6.92 Å². The van der Waals surface area contributed by atoms with Crippen molar-refractivity contribution >= 4 is 17.7 Å². The van der Waals surface area contributed by atoms with Gasteiger partial charge in [0.15, 0.2) is 0 Å². The van der Waals surface area contributed by atoms with Crippen LogP contribution >= 0.6 is 0 Å². The van der Waals surface area contributed by atoms with Gasteiger partial charge in [0.25, 0.3) is 5.91 Å². The van der Waals surface area contributed by atoms with Gasteiger partial charge < -0.3 is 15.4 Å². The van der Waals surface area contributed by atoms with Gasteiger partial charge in [-0.2, -0.15) is 0 Å². The molecule has 0 spiro atoms. The molecule has 0 bridgehead atoms. The zero-order valence-electron chi connectivity index (χ0n) is 14.8. The van der Waals surface area contributed by atoms with Gasteiger partial charge in [-0.05, 0) is 43.5 Å². The molecule has 0 aromatic heterocycles. The summed E-state index contributed by atoms with van der Waals surface area (Å²) in [5, 5.41) is 2.33. The van der Waals surface area contributed by atoms with Crippen LogP contribution in [0.15, 0.2) is 12.1 Å². The van der Waals surface area contributed by atoms with Gasteiger partial charge in [0.2, 0.25) is 11.8 Å². The summed E-state index contributed by atoms with van der Waals surface area (Å²) < 4.78 is 5.85. The average molecular weight is 357 g/mol. The van der Waals surface area contributed by atoms with Crippen LogP contribution < -0.4 is 15.8 Å². The van der Waals surface area contributed by atoms with E-state index in [0.717, 1.165) is 29.7 Å². The normalized spacial score (nSPS) is 27.7. The Morgan fingerprint density at radius 1 is 1.35 bits per heavy atom. The van der Waals surface area contributed by atoms with Crippen LogP contribution in [0.3, 0.4) is 0 Å². The molecule has 1 aromatic rings. The summed E-state index contributed by atoms with van der Waals surface area (Å²) in [5.41, 5.74) is 8.21. The highest BCUT2D eigenvalue weighted by Gasteiger charge is 2.41. The molecule has 3 N–H and O–H groups in total. The van der Waals surface area contributed by atoms with E-state index >= 15 is 0 Å². The van der Waals surface area contributed by atoms with Crippen LogP contribution in [-0.2, 0) is 21.5 Å². The molecule has 3 amide bonds. The summed E-state index contributed by atoms with van der Waals surface area (Å²) in [6.45, 7) is 3.73. The lowest BCUT2D eigenvalue weighted by Crippen LogP contribution is -2.52. The van der Waals surface area contributed by atoms with Crippen LogP contribution in [0, 0.1) is 0 Å². The molecule has 0 saturated carbocycles. The molecule has 3 aliphatic rings. The Morgan fingerprint density at radius 3 is 2.88 bits per heavy atom. The zero-order chi connectivity index (χ0) is 18.5. The number of carbonyl (C=O) groups excluding carboxylic acids is 3. The first kappa shape index (κ1) is 17.0. The number of imide groups is 1. The number of benzene rings is 1. The van der Waals surface area contributed by atoms with E-state index in [0.29, 0.717) is 31.7 Å². The number of rotatable bonds is 3. The van der Waals surface area contributed by atoms with E-state index in [4.69, 9.17) is 10.5 Å². The van der Waals surface area contributed by atoms with E-state index < -0.39 is 11.9 Å². The Bertz CT molecular complexity index is 806. The first-order valence-electron chi connectivity index (χ1n) is 9.08. The molecule has 1 fully saturated rings. The third-order valence-corrected chi connectivity index (χ3v) is 5.88. The van der Waals surface area contributed by atoms with Gasteiger partial charge >= 0.3 is 0 Å². The third kappa shape index (κ3) is 2.58. The van der Waals surface area contributed by atoms with E-state index in [2.05, 4.69) is 12.2 Å². The van der Waals surface area contributed by atoms with Gasteiger partial charge in [0, 0.05) is 29.5 Å². The molecule has 7 nitrogen and oxygen atoms in total. The largest absolute Gasteiger partial charge is 0.493 e. The number of amides is 3. The van der Waals surface area contributed by atoms with Gasteiger partial charge in [-0.3, -0.25) is 19.7 Å². The average Bonchev–Trinajstić information content (AvgIpc) is 2.90. The van der Waals surface area contributed by atoms with E-state index in [1.807, 2.05) is 12.1 Å². The quantitative estimate of drug-likeness (QED) is 0.781. The van der Waals surface area contributed by atoms with Crippen molar-refractivity contribution in [3.05, 3.63) is 28.8 Å². The van der Waals surface area contributed by atoms with Crippen LogP contribution in [-0.4, -0.2) is 41.8 Å². The topological polar surface area (TPSA) is 102 Å². The van der Waals surface area contributed by atoms with Crippen molar-refractivity contribution in [3.8, 4) is 5.75 Å². The van der Waals surface area contributed by atoms with Crippen molar-refractivity contribution in [3.63, 3.8) is 0 Å². The first-order chi connectivity index (χ1) is 12.4. The summed E-state index contributed by atoms with van der Waals surface area (Å²) in [7, 11) is 0.